The van der Waals surface area contributed by atoms with Gasteiger partial charge in [-0.25, -0.2) is 4.79 Å². The summed E-state index contributed by atoms with van der Waals surface area (Å²) in [5.41, 5.74) is 2.45. The number of nitrogens with zero attached hydrogens (tertiary/aromatic N) is 2. The summed E-state index contributed by atoms with van der Waals surface area (Å²) in [6, 6.07) is 5.95. The first-order valence-electron chi connectivity index (χ1n) is 8.79. The van der Waals surface area contributed by atoms with Crippen LogP contribution in [0.5, 0.6) is 0 Å². The molecule has 5 heteroatoms. The molecule has 24 heavy (non-hydrogen) atoms. The highest BCUT2D eigenvalue weighted by Gasteiger charge is 2.30. The summed E-state index contributed by atoms with van der Waals surface area (Å²) in [4.78, 5) is 28.2. The van der Waals surface area contributed by atoms with Crippen LogP contribution in [-0.4, -0.2) is 30.7 Å². The highest BCUT2D eigenvalue weighted by molar-refractivity contribution is 5.95. The van der Waals surface area contributed by atoms with Crippen LogP contribution < -0.4 is 9.80 Å². The van der Waals surface area contributed by atoms with Crippen molar-refractivity contribution in [2.45, 2.75) is 58.5 Å². The quantitative estimate of drug-likeness (QED) is 0.785. The monoisotopic (exact) mass is 330 g/mol. The van der Waals surface area contributed by atoms with E-state index < -0.39 is 5.60 Å². The number of carbonyl (C=O) groups is 2. The molecule has 3 rings (SSSR count). The van der Waals surface area contributed by atoms with E-state index in [2.05, 4.69) is 6.07 Å². The molecule has 2 aliphatic heterocycles. The van der Waals surface area contributed by atoms with Crippen LogP contribution in [-0.2, 0) is 16.0 Å². The van der Waals surface area contributed by atoms with Crippen molar-refractivity contribution in [1.82, 2.24) is 0 Å². The SMILES string of the molecule is CC(C)(C)OC(=O)N1CCc2cc(N3CCCCCC3=O)ccc21. The summed E-state index contributed by atoms with van der Waals surface area (Å²) in [5.74, 6) is 0.203. The Hall–Kier alpha value is -2.04. The Bertz CT molecular complexity index is 649. The standard InChI is InChI=1S/C19H26N2O3/c1-19(2,3)24-18(23)21-12-10-14-13-15(8-9-16(14)21)20-11-6-4-5-7-17(20)22/h8-9,13H,4-7,10-12H2,1-3H3. The number of fused-ring (bicyclic) bond motifs is 1. The zero-order valence-electron chi connectivity index (χ0n) is 14.8. The average Bonchev–Trinajstić information content (AvgIpc) is 2.80. The number of anilines is 2. The molecule has 2 amide bonds. The van der Waals surface area contributed by atoms with Crippen LogP contribution in [0.2, 0.25) is 0 Å². The number of carbonyl (C=O) groups excluding carboxylic acids is 2. The maximum Gasteiger partial charge on any atom is 0.414 e. The molecule has 5 nitrogen and oxygen atoms in total. The summed E-state index contributed by atoms with van der Waals surface area (Å²) in [7, 11) is 0. The molecule has 1 aromatic rings. The van der Waals surface area contributed by atoms with Crippen LogP contribution in [0, 0.1) is 0 Å². The molecule has 1 aromatic carbocycles. The maximum atomic E-state index is 12.3. The second kappa shape index (κ2) is 6.46. The van der Waals surface area contributed by atoms with Crippen LogP contribution in [0.1, 0.15) is 52.0 Å². The van der Waals surface area contributed by atoms with E-state index >= 15 is 0 Å². The van der Waals surface area contributed by atoms with Crippen LogP contribution >= 0.6 is 0 Å². The smallest absolute Gasteiger partial charge is 0.414 e. The predicted octanol–water partition coefficient (Wildman–Crippen LogP) is 3.89. The van der Waals surface area contributed by atoms with Crippen molar-refractivity contribution in [1.29, 1.82) is 0 Å². The first-order chi connectivity index (χ1) is 11.3. The molecule has 0 radical (unpaired) electrons. The van der Waals surface area contributed by atoms with Gasteiger partial charge in [-0.1, -0.05) is 6.42 Å². The van der Waals surface area contributed by atoms with Crippen molar-refractivity contribution >= 4 is 23.4 Å². The van der Waals surface area contributed by atoms with Crippen LogP contribution in [0.25, 0.3) is 0 Å². The van der Waals surface area contributed by atoms with Crippen molar-refractivity contribution in [3.63, 3.8) is 0 Å². The minimum Gasteiger partial charge on any atom is -0.443 e. The van der Waals surface area contributed by atoms with Gasteiger partial charge in [0, 0.05) is 25.2 Å². The molecule has 2 heterocycles. The highest BCUT2D eigenvalue weighted by Crippen LogP contribution is 2.33. The topological polar surface area (TPSA) is 49.9 Å². The zero-order valence-corrected chi connectivity index (χ0v) is 14.8. The van der Waals surface area contributed by atoms with Gasteiger partial charge in [0.1, 0.15) is 5.60 Å². The number of ether oxygens (including phenoxy) is 1. The lowest BCUT2D eigenvalue weighted by molar-refractivity contribution is -0.118. The minimum absolute atomic E-state index is 0.203. The molecule has 1 fully saturated rings. The molecule has 0 bridgehead atoms. The van der Waals surface area contributed by atoms with Crippen molar-refractivity contribution in [2.75, 3.05) is 22.9 Å². The number of hydrogen-bond donors (Lipinski definition) is 0. The molecule has 130 valence electrons. The molecule has 0 N–H and O–H groups in total. The molecule has 2 aliphatic rings. The third kappa shape index (κ3) is 3.55. The van der Waals surface area contributed by atoms with E-state index in [4.69, 9.17) is 4.74 Å². The van der Waals surface area contributed by atoms with Gasteiger partial charge in [-0.15, -0.1) is 0 Å². The summed E-state index contributed by atoms with van der Waals surface area (Å²) in [6.45, 7) is 7.02. The lowest BCUT2D eigenvalue weighted by atomic mass is 10.1. The predicted molar refractivity (Wildman–Crippen MR) is 94.5 cm³/mol. The van der Waals surface area contributed by atoms with E-state index in [1.54, 1.807) is 4.90 Å². The van der Waals surface area contributed by atoms with Gasteiger partial charge in [0.15, 0.2) is 0 Å². The third-order valence-corrected chi connectivity index (χ3v) is 4.46. The lowest BCUT2D eigenvalue weighted by Crippen LogP contribution is -2.35. The van der Waals surface area contributed by atoms with Crippen LogP contribution in [0.15, 0.2) is 18.2 Å². The van der Waals surface area contributed by atoms with Crippen molar-refractivity contribution < 1.29 is 14.3 Å². The number of hydrogen-bond acceptors (Lipinski definition) is 3. The molecule has 0 spiro atoms. The second-order valence-electron chi connectivity index (χ2n) is 7.55. The fourth-order valence-corrected chi connectivity index (χ4v) is 3.32. The fourth-order valence-electron chi connectivity index (χ4n) is 3.32. The average molecular weight is 330 g/mol. The Morgan fingerprint density at radius 3 is 2.62 bits per heavy atom. The van der Waals surface area contributed by atoms with E-state index in [9.17, 15) is 9.59 Å². The Morgan fingerprint density at radius 1 is 1.08 bits per heavy atom. The van der Waals surface area contributed by atoms with E-state index in [1.807, 2.05) is 37.8 Å². The Labute approximate surface area is 143 Å². The van der Waals surface area contributed by atoms with E-state index in [0.717, 1.165) is 49.2 Å². The Balaban J connectivity index is 1.80. The van der Waals surface area contributed by atoms with Gasteiger partial charge in [0.2, 0.25) is 5.91 Å². The molecular formula is C19H26N2O3. The summed E-state index contributed by atoms with van der Waals surface area (Å²) in [5, 5.41) is 0. The molecule has 0 unspecified atom stereocenters. The molecule has 1 saturated heterocycles. The van der Waals surface area contributed by atoms with Crippen LogP contribution in [0.3, 0.4) is 0 Å². The normalized spacial score (nSPS) is 18.4. The van der Waals surface area contributed by atoms with Gasteiger partial charge in [-0.2, -0.15) is 0 Å². The van der Waals surface area contributed by atoms with E-state index in [0.29, 0.717) is 13.0 Å². The Kier molecular flexibility index (Phi) is 4.52. The van der Waals surface area contributed by atoms with Gasteiger partial charge in [-0.3, -0.25) is 9.69 Å². The van der Waals surface area contributed by atoms with Gasteiger partial charge in [-0.05, 0) is 63.8 Å². The zero-order chi connectivity index (χ0) is 17.3. The third-order valence-electron chi connectivity index (χ3n) is 4.46. The highest BCUT2D eigenvalue weighted by atomic mass is 16.6. The first kappa shape index (κ1) is 16.8. The van der Waals surface area contributed by atoms with E-state index in [1.165, 1.54) is 0 Å². The van der Waals surface area contributed by atoms with Gasteiger partial charge in [0.25, 0.3) is 0 Å². The van der Waals surface area contributed by atoms with E-state index in [-0.39, 0.29) is 12.0 Å². The fraction of sp³-hybridized carbons (Fsp3) is 0.579. The van der Waals surface area contributed by atoms with Crippen molar-refractivity contribution in [3.05, 3.63) is 23.8 Å². The number of rotatable bonds is 1. The van der Waals surface area contributed by atoms with Gasteiger partial charge >= 0.3 is 6.09 Å². The first-order valence-corrected chi connectivity index (χ1v) is 8.79. The number of amides is 2. The van der Waals surface area contributed by atoms with Gasteiger partial charge < -0.3 is 9.64 Å². The summed E-state index contributed by atoms with van der Waals surface area (Å²) < 4.78 is 5.48. The molecule has 0 atom stereocenters. The minimum atomic E-state index is -0.502. The summed E-state index contributed by atoms with van der Waals surface area (Å²) >= 11 is 0. The van der Waals surface area contributed by atoms with Crippen molar-refractivity contribution in [2.24, 2.45) is 0 Å². The summed E-state index contributed by atoms with van der Waals surface area (Å²) in [6.07, 6.45) is 4.25. The molecule has 0 aliphatic carbocycles. The number of benzene rings is 1. The molecule has 0 saturated carbocycles. The lowest BCUT2D eigenvalue weighted by Gasteiger charge is -2.25. The Morgan fingerprint density at radius 2 is 1.88 bits per heavy atom. The molecule has 0 aromatic heterocycles. The largest absolute Gasteiger partial charge is 0.443 e. The van der Waals surface area contributed by atoms with Gasteiger partial charge in [0.05, 0.1) is 5.69 Å². The van der Waals surface area contributed by atoms with Crippen LogP contribution in [0.4, 0.5) is 16.2 Å². The maximum absolute atomic E-state index is 12.3. The second-order valence-corrected chi connectivity index (χ2v) is 7.55. The molecular weight excluding hydrogens is 304 g/mol. The van der Waals surface area contributed by atoms with Crippen molar-refractivity contribution in [3.8, 4) is 0 Å².